The number of phosphoric acid groups is 1. The Hall–Kier alpha value is -2.00. The van der Waals surface area contributed by atoms with Crippen molar-refractivity contribution in [3.8, 4) is 0 Å². The largest absolute Gasteiger partial charge is 0.498 e. The second-order valence-corrected chi connectivity index (χ2v) is 13.9. The van der Waals surface area contributed by atoms with Gasteiger partial charge in [-0.3, -0.25) is 9.32 Å². The molecule has 9 nitrogen and oxygen atoms in total. The van der Waals surface area contributed by atoms with E-state index in [0.29, 0.717) is 19.3 Å². The predicted molar refractivity (Wildman–Crippen MR) is 200 cm³/mol. The van der Waals surface area contributed by atoms with Crippen molar-refractivity contribution in [2.45, 2.75) is 167 Å². The molecule has 0 aliphatic rings. The molecule has 0 spiro atoms. The molecule has 3 atom stereocenters. The first-order chi connectivity index (χ1) is 23.7. The van der Waals surface area contributed by atoms with E-state index in [1.165, 1.54) is 89.7 Å². The second kappa shape index (κ2) is 34.4. The quantitative estimate of drug-likeness (QED) is 0.0128. The highest BCUT2D eigenvalue weighted by atomic mass is 31.2. The summed E-state index contributed by atoms with van der Waals surface area (Å²) in [5.74, 6) is -0.570. The van der Waals surface area contributed by atoms with Crippen LogP contribution in [0, 0.1) is 0 Å². The van der Waals surface area contributed by atoms with E-state index in [2.05, 4.69) is 24.4 Å². The highest BCUT2D eigenvalue weighted by Crippen LogP contribution is 2.35. The number of unbranched alkanes of at least 4 members (excludes halogenated alkanes) is 15. The fraction of sp³-hybridized carbons (Fsp3) is 0.718. The molecule has 0 rings (SSSR count). The molecule has 0 unspecified atom stereocenters. The summed E-state index contributed by atoms with van der Waals surface area (Å²) >= 11 is 0. The van der Waals surface area contributed by atoms with Crippen LogP contribution < -0.4 is 0 Å². The summed E-state index contributed by atoms with van der Waals surface area (Å²) in [6, 6.07) is 0. The number of hydrogen-bond acceptors (Lipinski definition) is 7. The molecule has 0 amide bonds. The van der Waals surface area contributed by atoms with E-state index in [0.717, 1.165) is 25.7 Å². The number of aliphatic hydroxyl groups excluding tert-OH is 2. The maximum Gasteiger partial charge on any atom is 0.469 e. The highest BCUT2D eigenvalue weighted by molar-refractivity contribution is 7.46. The van der Waals surface area contributed by atoms with Crippen LogP contribution in [0.1, 0.15) is 149 Å². The van der Waals surface area contributed by atoms with Crippen LogP contribution in [0.5, 0.6) is 0 Å². The number of aliphatic hydroxyl groups is 2. The molecule has 0 bridgehead atoms. The first kappa shape index (κ1) is 47.0. The van der Waals surface area contributed by atoms with E-state index in [9.17, 15) is 19.6 Å². The number of phosphoric ester groups is 1. The zero-order valence-corrected chi connectivity index (χ0v) is 31.4. The van der Waals surface area contributed by atoms with Gasteiger partial charge in [0, 0.05) is 6.42 Å². The molecule has 0 saturated heterocycles. The molecular formula is C39H69O9P. The minimum Gasteiger partial charge on any atom is -0.498 e. The maximum atomic E-state index is 12.4. The summed E-state index contributed by atoms with van der Waals surface area (Å²) in [6.07, 6.45) is 37.8. The minimum atomic E-state index is -4.74. The van der Waals surface area contributed by atoms with Crippen molar-refractivity contribution in [3.05, 3.63) is 60.9 Å². The molecule has 0 radical (unpaired) electrons. The molecule has 0 saturated carbocycles. The predicted octanol–water partition coefficient (Wildman–Crippen LogP) is 9.72. The Kier molecular flexibility index (Phi) is 33.0. The highest BCUT2D eigenvalue weighted by Gasteiger charge is 2.21. The van der Waals surface area contributed by atoms with Crippen molar-refractivity contribution in [2.75, 3.05) is 13.2 Å². The Morgan fingerprint density at radius 3 is 1.80 bits per heavy atom. The SMILES string of the molecule is CCCCC/C=C\C[C@H](O)/C=C/C=C/C=C\[C@H](O)CCCC(=O)O[C@H](CO/C=C/CCCCCCCCCCCCCC)COP(=O)(O)O. The van der Waals surface area contributed by atoms with Crippen LogP contribution in [-0.4, -0.2) is 57.5 Å². The normalized spacial score (nSPS) is 14.6. The number of carbonyl (C=O) groups excluding carboxylic acids is 1. The first-order valence-corrected chi connectivity index (χ1v) is 20.4. The standard InChI is InChI=1S/C39H69O9P/c1-3-5-7-9-11-12-13-14-15-16-17-18-22-26-33-46-34-38(35-47-49(43,44)45)48-39(42)32-27-31-37(41)30-25-21-20-24-29-36(40)28-23-19-10-8-6-4-2/h19-21,23-26,29-30,33,36-38,40-41H,3-18,22,27-28,31-32,34-35H2,1-2H3,(H2,43,44,45)/b21-20+,23-19-,29-24+,30-25-,33-26+/t36-,37-,38+/m0/s1. The summed E-state index contributed by atoms with van der Waals surface area (Å²) in [5, 5.41) is 20.2. The average molecular weight is 713 g/mol. The molecule has 0 fully saturated rings. The van der Waals surface area contributed by atoms with Gasteiger partial charge in [-0.05, 0) is 51.0 Å². The van der Waals surface area contributed by atoms with Crippen molar-refractivity contribution in [2.24, 2.45) is 0 Å². The van der Waals surface area contributed by atoms with Crippen molar-refractivity contribution in [1.29, 1.82) is 0 Å². The molecule has 0 aromatic heterocycles. The molecule has 284 valence electrons. The van der Waals surface area contributed by atoms with Crippen LogP contribution in [0.3, 0.4) is 0 Å². The molecule has 0 aliphatic heterocycles. The van der Waals surface area contributed by atoms with Gasteiger partial charge in [-0.1, -0.05) is 146 Å². The molecule has 49 heavy (non-hydrogen) atoms. The molecule has 10 heteroatoms. The second-order valence-electron chi connectivity index (χ2n) is 12.7. The van der Waals surface area contributed by atoms with E-state index in [4.69, 9.17) is 19.3 Å². The lowest BCUT2D eigenvalue weighted by molar-refractivity contribution is -0.153. The van der Waals surface area contributed by atoms with Crippen LogP contribution in [-0.2, 0) is 23.4 Å². The van der Waals surface area contributed by atoms with Crippen LogP contribution in [0.4, 0.5) is 0 Å². The van der Waals surface area contributed by atoms with Crippen LogP contribution in [0.2, 0.25) is 0 Å². The van der Waals surface area contributed by atoms with E-state index in [1.54, 1.807) is 36.5 Å². The number of esters is 1. The Morgan fingerprint density at radius 2 is 1.18 bits per heavy atom. The lowest BCUT2D eigenvalue weighted by Crippen LogP contribution is -2.27. The molecule has 0 aromatic carbocycles. The van der Waals surface area contributed by atoms with Gasteiger partial charge in [0.05, 0.1) is 25.1 Å². The van der Waals surface area contributed by atoms with Crippen molar-refractivity contribution in [3.63, 3.8) is 0 Å². The number of ether oxygens (including phenoxy) is 2. The Bertz CT molecular complexity index is 954. The van der Waals surface area contributed by atoms with Crippen molar-refractivity contribution < 1.29 is 43.4 Å². The summed E-state index contributed by atoms with van der Waals surface area (Å²) in [5.41, 5.74) is 0. The number of carbonyl (C=O) groups is 1. The minimum absolute atomic E-state index is 0.0234. The van der Waals surface area contributed by atoms with Gasteiger partial charge in [0.1, 0.15) is 6.61 Å². The Balaban J connectivity index is 4.21. The van der Waals surface area contributed by atoms with E-state index >= 15 is 0 Å². The van der Waals surface area contributed by atoms with Gasteiger partial charge in [0.25, 0.3) is 0 Å². The fourth-order valence-corrected chi connectivity index (χ4v) is 5.31. The molecular weight excluding hydrogens is 643 g/mol. The Morgan fingerprint density at radius 1 is 0.653 bits per heavy atom. The van der Waals surface area contributed by atoms with Gasteiger partial charge in [0.2, 0.25) is 0 Å². The number of allylic oxidation sites excluding steroid dienone is 6. The Labute approximate surface area is 297 Å². The molecule has 0 aliphatic carbocycles. The summed E-state index contributed by atoms with van der Waals surface area (Å²) in [7, 11) is -4.74. The maximum absolute atomic E-state index is 12.4. The topological polar surface area (TPSA) is 143 Å². The molecule has 0 heterocycles. The van der Waals surface area contributed by atoms with Crippen LogP contribution in [0.15, 0.2) is 60.9 Å². The molecule has 4 N–H and O–H groups in total. The van der Waals surface area contributed by atoms with Gasteiger partial charge in [0.15, 0.2) is 6.10 Å². The van der Waals surface area contributed by atoms with E-state index in [-0.39, 0.29) is 13.0 Å². The van der Waals surface area contributed by atoms with Gasteiger partial charge in [-0.25, -0.2) is 4.57 Å². The smallest absolute Gasteiger partial charge is 0.469 e. The fourth-order valence-electron chi connectivity index (χ4n) is 4.95. The van der Waals surface area contributed by atoms with Gasteiger partial charge < -0.3 is 29.5 Å². The van der Waals surface area contributed by atoms with Crippen molar-refractivity contribution >= 4 is 13.8 Å². The van der Waals surface area contributed by atoms with Gasteiger partial charge in [-0.2, -0.15) is 0 Å². The van der Waals surface area contributed by atoms with E-state index in [1.807, 2.05) is 12.2 Å². The third-order valence-electron chi connectivity index (χ3n) is 7.82. The average Bonchev–Trinajstić information content (AvgIpc) is 3.06. The molecule has 0 aromatic rings. The van der Waals surface area contributed by atoms with Crippen molar-refractivity contribution in [1.82, 2.24) is 0 Å². The lowest BCUT2D eigenvalue weighted by atomic mass is 10.0. The third-order valence-corrected chi connectivity index (χ3v) is 8.31. The van der Waals surface area contributed by atoms with Gasteiger partial charge >= 0.3 is 13.8 Å². The monoisotopic (exact) mass is 712 g/mol. The lowest BCUT2D eigenvalue weighted by Gasteiger charge is -2.18. The number of rotatable bonds is 34. The van der Waals surface area contributed by atoms with Crippen LogP contribution in [0.25, 0.3) is 0 Å². The third kappa shape index (κ3) is 37.1. The summed E-state index contributed by atoms with van der Waals surface area (Å²) < 4.78 is 26.5. The zero-order chi connectivity index (χ0) is 36.3. The first-order valence-electron chi connectivity index (χ1n) is 18.9. The summed E-state index contributed by atoms with van der Waals surface area (Å²) in [4.78, 5) is 30.5. The van der Waals surface area contributed by atoms with E-state index < -0.39 is 38.7 Å². The van der Waals surface area contributed by atoms with Crippen LogP contribution >= 0.6 is 7.82 Å². The zero-order valence-electron chi connectivity index (χ0n) is 30.5. The number of hydrogen-bond donors (Lipinski definition) is 4. The van der Waals surface area contributed by atoms with Gasteiger partial charge in [-0.15, -0.1) is 0 Å². The summed E-state index contributed by atoms with van der Waals surface area (Å²) in [6.45, 7) is 3.82.